The second-order valence-electron chi connectivity index (χ2n) is 4.93. The van der Waals surface area contributed by atoms with Gasteiger partial charge in [0.05, 0.1) is 11.3 Å². The van der Waals surface area contributed by atoms with E-state index in [1.807, 2.05) is 6.07 Å². The van der Waals surface area contributed by atoms with Crippen molar-refractivity contribution in [2.24, 2.45) is 5.84 Å². The highest BCUT2D eigenvalue weighted by Gasteiger charge is 2.23. The number of nitrogen functional groups attached to an aromatic ring is 1. The van der Waals surface area contributed by atoms with Crippen molar-refractivity contribution in [2.45, 2.75) is 25.9 Å². The summed E-state index contributed by atoms with van der Waals surface area (Å²) in [5.41, 5.74) is 3.40. The number of nitrogens with zero attached hydrogens (tertiary/aromatic N) is 2. The lowest BCUT2D eigenvalue weighted by atomic mass is 10.2. The van der Waals surface area contributed by atoms with Crippen LogP contribution in [0.3, 0.4) is 0 Å². The second-order valence-corrected chi connectivity index (χ2v) is 4.93. The van der Waals surface area contributed by atoms with E-state index < -0.39 is 0 Å². The summed E-state index contributed by atoms with van der Waals surface area (Å²) in [5.74, 6) is 4.71. The van der Waals surface area contributed by atoms with Crippen molar-refractivity contribution in [1.82, 2.24) is 20.6 Å². The first-order chi connectivity index (χ1) is 9.58. The fourth-order valence-electron chi connectivity index (χ4n) is 2.35. The largest absolute Gasteiger partial charge is 0.352 e. The molecule has 1 aliphatic rings. The van der Waals surface area contributed by atoms with Gasteiger partial charge in [-0.3, -0.25) is 24.9 Å². The zero-order valence-electron chi connectivity index (χ0n) is 11.4. The number of carbonyl (C=O) groups is 2. The Morgan fingerprint density at radius 2 is 2.30 bits per heavy atom. The molecular weight excluding hydrogens is 258 g/mol. The van der Waals surface area contributed by atoms with Crippen molar-refractivity contribution in [3.63, 3.8) is 0 Å². The summed E-state index contributed by atoms with van der Waals surface area (Å²) in [7, 11) is 0. The van der Waals surface area contributed by atoms with Crippen molar-refractivity contribution in [3.8, 4) is 0 Å². The normalized spacial score (nSPS) is 18.8. The molecule has 1 fully saturated rings. The van der Waals surface area contributed by atoms with Crippen molar-refractivity contribution in [3.05, 3.63) is 29.6 Å². The van der Waals surface area contributed by atoms with Crippen LogP contribution in [0.1, 0.15) is 29.4 Å². The number of rotatable bonds is 4. The molecule has 1 saturated heterocycles. The SMILES string of the molecule is CC(=O)NC1CCN(Cc2ccc(C(=O)NN)cn2)C1. The number of amides is 2. The molecule has 7 nitrogen and oxygen atoms in total. The Bertz CT molecular complexity index is 488. The first-order valence-corrected chi connectivity index (χ1v) is 6.54. The maximum Gasteiger partial charge on any atom is 0.266 e. The third-order valence-corrected chi connectivity index (χ3v) is 3.28. The molecule has 0 aliphatic carbocycles. The Morgan fingerprint density at radius 1 is 1.50 bits per heavy atom. The third kappa shape index (κ3) is 3.75. The van der Waals surface area contributed by atoms with Crippen LogP contribution in [0.25, 0.3) is 0 Å². The van der Waals surface area contributed by atoms with Gasteiger partial charge in [0, 0.05) is 38.8 Å². The highest BCUT2D eigenvalue weighted by Crippen LogP contribution is 2.12. The number of carbonyl (C=O) groups excluding carboxylic acids is 2. The van der Waals surface area contributed by atoms with Gasteiger partial charge in [0.1, 0.15) is 0 Å². The highest BCUT2D eigenvalue weighted by molar-refractivity contribution is 5.93. The number of hydrogen-bond donors (Lipinski definition) is 3. The Kier molecular flexibility index (Phi) is 4.65. The fraction of sp³-hybridized carbons (Fsp3) is 0.462. The molecule has 0 radical (unpaired) electrons. The lowest BCUT2D eigenvalue weighted by Gasteiger charge is -2.15. The monoisotopic (exact) mass is 277 g/mol. The van der Waals surface area contributed by atoms with Crippen molar-refractivity contribution < 1.29 is 9.59 Å². The number of hydrogen-bond acceptors (Lipinski definition) is 5. The standard InChI is InChI=1S/C13H19N5O2/c1-9(19)16-12-4-5-18(8-12)7-11-3-2-10(6-15-11)13(20)17-14/h2-3,6,12H,4-5,7-8,14H2,1H3,(H,16,19)(H,17,20). The first kappa shape index (κ1) is 14.4. The van der Waals surface area contributed by atoms with Gasteiger partial charge in [-0.15, -0.1) is 0 Å². The average molecular weight is 277 g/mol. The summed E-state index contributed by atoms with van der Waals surface area (Å²) in [6.07, 6.45) is 2.46. The molecule has 0 spiro atoms. The summed E-state index contributed by atoms with van der Waals surface area (Å²) >= 11 is 0. The Morgan fingerprint density at radius 3 is 2.90 bits per heavy atom. The van der Waals surface area contributed by atoms with E-state index in [2.05, 4.69) is 20.6 Å². The van der Waals surface area contributed by atoms with Crippen LogP contribution in [-0.4, -0.2) is 40.8 Å². The van der Waals surface area contributed by atoms with Crippen LogP contribution in [0, 0.1) is 0 Å². The molecule has 0 saturated carbocycles. The summed E-state index contributed by atoms with van der Waals surface area (Å²) in [4.78, 5) is 28.8. The van der Waals surface area contributed by atoms with E-state index in [0.29, 0.717) is 12.1 Å². The van der Waals surface area contributed by atoms with Gasteiger partial charge in [-0.1, -0.05) is 0 Å². The van der Waals surface area contributed by atoms with Gasteiger partial charge in [0.15, 0.2) is 0 Å². The molecule has 0 aromatic carbocycles. The van der Waals surface area contributed by atoms with Crippen molar-refractivity contribution in [2.75, 3.05) is 13.1 Å². The molecule has 2 amide bonds. The Labute approximate surface area is 117 Å². The number of hydrazine groups is 1. The Hall–Kier alpha value is -1.99. The van der Waals surface area contributed by atoms with E-state index in [1.165, 1.54) is 13.1 Å². The smallest absolute Gasteiger partial charge is 0.266 e. The van der Waals surface area contributed by atoms with Crippen LogP contribution in [0.4, 0.5) is 0 Å². The minimum absolute atomic E-state index is 0.00660. The summed E-state index contributed by atoms with van der Waals surface area (Å²) in [6.45, 7) is 4.00. The molecule has 20 heavy (non-hydrogen) atoms. The molecule has 1 aromatic rings. The summed E-state index contributed by atoms with van der Waals surface area (Å²) in [6, 6.07) is 3.73. The van der Waals surface area contributed by atoms with Gasteiger partial charge in [-0.25, -0.2) is 5.84 Å². The van der Waals surface area contributed by atoms with Crippen molar-refractivity contribution in [1.29, 1.82) is 0 Å². The molecular formula is C13H19N5O2. The number of nitrogens with one attached hydrogen (secondary N) is 2. The number of aromatic nitrogens is 1. The van der Waals surface area contributed by atoms with E-state index in [1.54, 1.807) is 6.07 Å². The van der Waals surface area contributed by atoms with Gasteiger partial charge in [0.25, 0.3) is 5.91 Å². The summed E-state index contributed by atoms with van der Waals surface area (Å²) < 4.78 is 0. The molecule has 1 unspecified atom stereocenters. The highest BCUT2D eigenvalue weighted by atomic mass is 16.2. The topological polar surface area (TPSA) is 100 Å². The van der Waals surface area contributed by atoms with Crippen LogP contribution < -0.4 is 16.6 Å². The van der Waals surface area contributed by atoms with E-state index in [-0.39, 0.29) is 17.9 Å². The molecule has 4 N–H and O–H groups in total. The van der Waals surface area contributed by atoms with Gasteiger partial charge in [0.2, 0.25) is 5.91 Å². The van der Waals surface area contributed by atoms with E-state index in [4.69, 9.17) is 5.84 Å². The fourth-order valence-corrected chi connectivity index (χ4v) is 2.35. The molecule has 1 aliphatic heterocycles. The first-order valence-electron chi connectivity index (χ1n) is 6.54. The van der Waals surface area contributed by atoms with E-state index >= 15 is 0 Å². The molecule has 7 heteroatoms. The van der Waals surface area contributed by atoms with Crippen LogP contribution in [0.15, 0.2) is 18.3 Å². The maximum atomic E-state index is 11.3. The zero-order valence-corrected chi connectivity index (χ0v) is 11.4. The molecule has 2 rings (SSSR count). The number of likely N-dealkylation sites (tertiary alicyclic amines) is 1. The maximum absolute atomic E-state index is 11.3. The quantitative estimate of drug-likeness (QED) is 0.387. The predicted molar refractivity (Wildman–Crippen MR) is 73.4 cm³/mol. The van der Waals surface area contributed by atoms with Gasteiger partial charge < -0.3 is 5.32 Å². The predicted octanol–water partition coefficient (Wildman–Crippen LogP) is -0.604. The molecule has 108 valence electrons. The summed E-state index contributed by atoms with van der Waals surface area (Å²) in [5, 5.41) is 2.92. The number of nitrogens with two attached hydrogens (primary N) is 1. The average Bonchev–Trinajstić information content (AvgIpc) is 2.85. The minimum Gasteiger partial charge on any atom is -0.352 e. The molecule has 0 bridgehead atoms. The van der Waals surface area contributed by atoms with Gasteiger partial charge >= 0.3 is 0 Å². The molecule has 1 aromatic heterocycles. The van der Waals surface area contributed by atoms with Gasteiger partial charge in [-0.2, -0.15) is 0 Å². The van der Waals surface area contributed by atoms with Crippen LogP contribution in [0.5, 0.6) is 0 Å². The molecule has 2 heterocycles. The van der Waals surface area contributed by atoms with Crippen molar-refractivity contribution >= 4 is 11.8 Å². The van der Waals surface area contributed by atoms with Gasteiger partial charge in [-0.05, 0) is 18.6 Å². The van der Waals surface area contributed by atoms with Crippen LogP contribution >= 0.6 is 0 Å². The second kappa shape index (κ2) is 6.44. The molecule has 1 atom stereocenters. The van der Waals surface area contributed by atoms with Crippen LogP contribution in [-0.2, 0) is 11.3 Å². The lowest BCUT2D eigenvalue weighted by Crippen LogP contribution is -2.35. The zero-order chi connectivity index (χ0) is 14.5. The third-order valence-electron chi connectivity index (χ3n) is 3.28. The number of pyridine rings is 1. The Balaban J connectivity index is 1.88. The van der Waals surface area contributed by atoms with E-state index in [9.17, 15) is 9.59 Å². The lowest BCUT2D eigenvalue weighted by molar-refractivity contribution is -0.119. The minimum atomic E-state index is -0.351. The van der Waals surface area contributed by atoms with Crippen LogP contribution in [0.2, 0.25) is 0 Å². The van der Waals surface area contributed by atoms with E-state index in [0.717, 1.165) is 25.2 Å².